The molecule has 0 heterocycles. The molecule has 1 saturated carbocycles. The molecule has 4 rings (SSSR count). The summed E-state index contributed by atoms with van der Waals surface area (Å²) < 4.78 is 5.47. The van der Waals surface area contributed by atoms with Crippen LogP contribution in [0.3, 0.4) is 0 Å². The lowest BCUT2D eigenvalue weighted by molar-refractivity contribution is -0.0290. The summed E-state index contributed by atoms with van der Waals surface area (Å²) >= 11 is 0. The molecule has 0 bridgehead atoms. The van der Waals surface area contributed by atoms with Crippen molar-refractivity contribution in [3.63, 3.8) is 0 Å². The average Bonchev–Trinajstić information content (AvgIpc) is 3.19. The van der Waals surface area contributed by atoms with Crippen LogP contribution in [0.2, 0.25) is 0 Å². The Morgan fingerprint density at radius 2 is 1.88 bits per heavy atom. The van der Waals surface area contributed by atoms with Crippen molar-refractivity contribution in [3.8, 4) is 0 Å². The van der Waals surface area contributed by atoms with E-state index in [9.17, 15) is 25.2 Å². The molecule has 0 aromatic heterocycles. The monoisotopic (exact) mass is 456 g/mol. The van der Waals surface area contributed by atoms with Gasteiger partial charge in [0.05, 0.1) is 24.4 Å². The fourth-order valence-electron chi connectivity index (χ4n) is 6.29. The Hall–Kier alpha value is -1.99. The molecule has 1 aromatic rings. The summed E-state index contributed by atoms with van der Waals surface area (Å²) in [6, 6.07) is 8.70. The van der Waals surface area contributed by atoms with Gasteiger partial charge in [0.25, 0.3) is 0 Å². The van der Waals surface area contributed by atoms with Crippen LogP contribution in [-0.4, -0.2) is 58.4 Å². The van der Waals surface area contributed by atoms with E-state index in [0.717, 1.165) is 31.3 Å². The number of ether oxygens (including phenoxy) is 1. The Morgan fingerprint density at radius 3 is 2.55 bits per heavy atom. The summed E-state index contributed by atoms with van der Waals surface area (Å²) in [7, 11) is 0. The first-order valence-corrected chi connectivity index (χ1v) is 12.0. The largest absolute Gasteiger partial charge is 0.457 e. The van der Waals surface area contributed by atoms with Crippen molar-refractivity contribution < 1.29 is 30.0 Å². The first-order valence-electron chi connectivity index (χ1n) is 12.0. The maximum atomic E-state index is 12.4. The Morgan fingerprint density at radius 1 is 1.15 bits per heavy atom. The highest BCUT2D eigenvalue weighted by molar-refractivity contribution is 5.89. The van der Waals surface area contributed by atoms with Crippen molar-refractivity contribution >= 4 is 5.97 Å². The molecule has 4 N–H and O–H groups in total. The Balaban J connectivity index is 1.62. The lowest BCUT2D eigenvalue weighted by Gasteiger charge is -2.52. The molecule has 0 unspecified atom stereocenters. The van der Waals surface area contributed by atoms with Gasteiger partial charge in [0.15, 0.2) is 0 Å². The summed E-state index contributed by atoms with van der Waals surface area (Å²) in [4.78, 5) is 12.4. The van der Waals surface area contributed by atoms with E-state index in [2.05, 4.69) is 6.92 Å². The number of esters is 1. The topological polar surface area (TPSA) is 107 Å². The minimum atomic E-state index is -0.872. The highest BCUT2D eigenvalue weighted by Crippen LogP contribution is 2.63. The van der Waals surface area contributed by atoms with Crippen LogP contribution in [0.25, 0.3) is 0 Å². The summed E-state index contributed by atoms with van der Waals surface area (Å²) in [5.74, 6) is -0.621. The van der Waals surface area contributed by atoms with Crippen molar-refractivity contribution in [3.05, 3.63) is 58.7 Å². The number of aliphatic hydroxyl groups is 4. The smallest absolute Gasteiger partial charge is 0.338 e. The Bertz CT molecular complexity index is 937. The molecule has 33 heavy (non-hydrogen) atoms. The van der Waals surface area contributed by atoms with Crippen LogP contribution in [0.1, 0.15) is 56.3 Å². The molecule has 0 amide bonds. The number of carbonyl (C=O) groups is 1. The van der Waals surface area contributed by atoms with Gasteiger partial charge in [-0.3, -0.25) is 0 Å². The van der Waals surface area contributed by atoms with Crippen LogP contribution in [0.4, 0.5) is 0 Å². The predicted molar refractivity (Wildman–Crippen MR) is 124 cm³/mol. The molecule has 3 aliphatic rings. The van der Waals surface area contributed by atoms with Gasteiger partial charge < -0.3 is 25.2 Å². The average molecular weight is 457 g/mol. The van der Waals surface area contributed by atoms with Crippen LogP contribution < -0.4 is 0 Å². The zero-order valence-corrected chi connectivity index (χ0v) is 19.5. The van der Waals surface area contributed by atoms with Gasteiger partial charge >= 0.3 is 5.97 Å². The zero-order valence-electron chi connectivity index (χ0n) is 19.5. The fraction of sp³-hybridized carbons (Fsp3) is 0.593. The van der Waals surface area contributed by atoms with Crippen LogP contribution in [0.15, 0.2) is 53.1 Å². The van der Waals surface area contributed by atoms with Gasteiger partial charge in [-0.25, -0.2) is 4.79 Å². The van der Waals surface area contributed by atoms with E-state index < -0.39 is 23.6 Å². The van der Waals surface area contributed by atoms with Gasteiger partial charge in [-0.1, -0.05) is 49.3 Å². The van der Waals surface area contributed by atoms with E-state index in [1.54, 1.807) is 30.3 Å². The van der Waals surface area contributed by atoms with E-state index in [1.165, 1.54) is 5.57 Å². The quantitative estimate of drug-likeness (QED) is 0.387. The number of carbonyl (C=O) groups excluding carboxylic acids is 1. The number of fused-ring (bicyclic) bond motifs is 3. The standard InChI is InChI=1S/C27H36O6/c1-17(14-28)20-8-9-27(16-29)11-10-26(2)21(24(20)27)13-22(30)19(12-23(26)31)15-33-25(32)18-6-4-3-5-7-18/h3-7,12,17,21-23,28-31H,8-11,13-16H2,1-2H3/t17-,21+,22-,23-,26+,27+/m0/s1. The highest BCUT2D eigenvalue weighted by Gasteiger charge is 2.56. The van der Waals surface area contributed by atoms with Crippen LogP contribution in [0, 0.1) is 22.7 Å². The predicted octanol–water partition coefficient (Wildman–Crippen LogP) is 3.01. The first-order chi connectivity index (χ1) is 15.8. The number of hydrogen-bond donors (Lipinski definition) is 4. The summed E-state index contributed by atoms with van der Waals surface area (Å²) in [5.41, 5.74) is 2.40. The van der Waals surface area contributed by atoms with Gasteiger partial charge in [0, 0.05) is 23.4 Å². The molecule has 6 nitrogen and oxygen atoms in total. The molecule has 0 saturated heterocycles. The van der Waals surface area contributed by atoms with Crippen LogP contribution in [0.5, 0.6) is 0 Å². The molecule has 0 radical (unpaired) electrons. The summed E-state index contributed by atoms with van der Waals surface area (Å²) in [5, 5.41) is 42.7. The van der Waals surface area contributed by atoms with Crippen molar-refractivity contribution in [1.82, 2.24) is 0 Å². The number of aliphatic hydroxyl groups excluding tert-OH is 4. The van der Waals surface area contributed by atoms with E-state index in [4.69, 9.17) is 4.74 Å². The number of rotatable bonds is 6. The first kappa shape index (κ1) is 24.1. The third kappa shape index (κ3) is 4.18. The third-order valence-corrected chi connectivity index (χ3v) is 8.56. The molecular formula is C27H36O6. The van der Waals surface area contributed by atoms with Crippen molar-refractivity contribution in [1.29, 1.82) is 0 Å². The van der Waals surface area contributed by atoms with Gasteiger partial charge in [0.1, 0.15) is 6.61 Å². The van der Waals surface area contributed by atoms with Crippen LogP contribution >= 0.6 is 0 Å². The van der Waals surface area contributed by atoms with Crippen LogP contribution in [-0.2, 0) is 4.74 Å². The Kier molecular flexibility index (Phi) is 6.83. The lowest BCUT2D eigenvalue weighted by atomic mass is 9.54. The minimum absolute atomic E-state index is 0.0208. The maximum Gasteiger partial charge on any atom is 0.338 e. The summed E-state index contributed by atoms with van der Waals surface area (Å²) in [6.45, 7) is 4.04. The fourth-order valence-corrected chi connectivity index (χ4v) is 6.29. The van der Waals surface area contributed by atoms with Gasteiger partial charge in [-0.05, 0) is 55.7 Å². The second-order valence-electron chi connectivity index (χ2n) is 10.4. The van der Waals surface area contributed by atoms with Gasteiger partial charge in [0.2, 0.25) is 0 Å². The van der Waals surface area contributed by atoms with Gasteiger partial charge in [-0.15, -0.1) is 0 Å². The van der Waals surface area contributed by atoms with E-state index >= 15 is 0 Å². The molecule has 3 aliphatic carbocycles. The number of benzene rings is 1. The third-order valence-electron chi connectivity index (χ3n) is 8.56. The minimum Gasteiger partial charge on any atom is -0.457 e. The highest BCUT2D eigenvalue weighted by atomic mass is 16.5. The van der Waals surface area contributed by atoms with Crippen molar-refractivity contribution in [2.45, 2.75) is 58.2 Å². The molecule has 180 valence electrons. The van der Waals surface area contributed by atoms with E-state index in [0.29, 0.717) is 17.6 Å². The molecule has 6 atom stereocenters. The summed E-state index contributed by atoms with van der Waals surface area (Å²) in [6.07, 6.45) is 3.53. The molecule has 6 heteroatoms. The zero-order chi connectivity index (χ0) is 23.8. The maximum absolute atomic E-state index is 12.4. The van der Waals surface area contributed by atoms with E-state index in [1.807, 2.05) is 13.0 Å². The van der Waals surface area contributed by atoms with E-state index in [-0.39, 0.29) is 37.1 Å². The molecule has 0 aliphatic heterocycles. The second kappa shape index (κ2) is 9.34. The Labute approximate surface area is 195 Å². The normalized spacial score (nSPS) is 34.7. The lowest BCUT2D eigenvalue weighted by Crippen LogP contribution is -2.48. The van der Waals surface area contributed by atoms with Crippen molar-refractivity contribution in [2.24, 2.45) is 22.7 Å². The molecular weight excluding hydrogens is 420 g/mol. The number of hydrogen-bond acceptors (Lipinski definition) is 6. The molecule has 1 fully saturated rings. The molecule has 1 aromatic carbocycles. The SMILES string of the molecule is C[C@@H](CO)C1=C2[C@H]3C[C@H](O)C(COC(=O)c4ccccc4)=C[C@H](O)[C@]3(C)CC[C@@]2(CO)CC1. The van der Waals surface area contributed by atoms with Gasteiger partial charge in [-0.2, -0.15) is 0 Å². The van der Waals surface area contributed by atoms with Crippen molar-refractivity contribution in [2.75, 3.05) is 19.8 Å². The molecule has 0 spiro atoms. The second-order valence-corrected chi connectivity index (χ2v) is 10.4.